The van der Waals surface area contributed by atoms with Gasteiger partial charge >= 0.3 is 6.18 Å². The first-order valence-corrected chi connectivity index (χ1v) is 5.94. The molecule has 3 nitrogen and oxygen atoms in total. The standard InChI is InChI=1S/C13H18F3NO2/c1-9(17)7-10-8-11(18-2)3-4-12(10)19-6-5-13(14,15)16/h3-4,8-9H,5-7,17H2,1-2H3. The second-order valence-corrected chi connectivity index (χ2v) is 4.37. The lowest BCUT2D eigenvalue weighted by atomic mass is 10.1. The molecule has 0 spiro atoms. The van der Waals surface area contributed by atoms with Crippen LogP contribution in [0.15, 0.2) is 18.2 Å². The minimum absolute atomic E-state index is 0.114. The molecule has 2 N–H and O–H groups in total. The van der Waals surface area contributed by atoms with E-state index in [0.29, 0.717) is 17.9 Å². The third-order valence-electron chi connectivity index (χ3n) is 2.45. The van der Waals surface area contributed by atoms with Gasteiger partial charge in [0.05, 0.1) is 20.1 Å². The summed E-state index contributed by atoms with van der Waals surface area (Å²) in [6.07, 6.45) is -4.68. The molecule has 6 heteroatoms. The maximum absolute atomic E-state index is 12.1. The van der Waals surface area contributed by atoms with Crippen LogP contribution in [0.5, 0.6) is 11.5 Å². The number of alkyl halides is 3. The second kappa shape index (κ2) is 6.65. The molecule has 0 aliphatic carbocycles. The lowest BCUT2D eigenvalue weighted by Crippen LogP contribution is -2.19. The fourth-order valence-corrected chi connectivity index (χ4v) is 1.61. The van der Waals surface area contributed by atoms with E-state index in [4.69, 9.17) is 15.2 Å². The summed E-state index contributed by atoms with van der Waals surface area (Å²) in [6.45, 7) is 1.42. The number of nitrogens with two attached hydrogens (primary N) is 1. The van der Waals surface area contributed by atoms with Gasteiger partial charge in [-0.3, -0.25) is 0 Å². The lowest BCUT2D eigenvalue weighted by Gasteiger charge is -2.15. The normalized spacial score (nSPS) is 13.2. The van der Waals surface area contributed by atoms with Gasteiger partial charge in [-0.1, -0.05) is 0 Å². The topological polar surface area (TPSA) is 44.5 Å². The first kappa shape index (κ1) is 15.6. The van der Waals surface area contributed by atoms with E-state index in [1.165, 1.54) is 7.11 Å². The fourth-order valence-electron chi connectivity index (χ4n) is 1.61. The average molecular weight is 277 g/mol. The molecule has 1 aromatic carbocycles. The summed E-state index contributed by atoms with van der Waals surface area (Å²) in [5.41, 5.74) is 6.45. The summed E-state index contributed by atoms with van der Waals surface area (Å²) < 4.78 is 46.5. The molecular weight excluding hydrogens is 259 g/mol. The van der Waals surface area contributed by atoms with Gasteiger partial charge in [0.15, 0.2) is 0 Å². The Hall–Kier alpha value is -1.43. The van der Waals surface area contributed by atoms with E-state index >= 15 is 0 Å². The van der Waals surface area contributed by atoms with Crippen molar-refractivity contribution in [3.8, 4) is 11.5 Å². The van der Waals surface area contributed by atoms with Crippen LogP contribution in [0.25, 0.3) is 0 Å². The van der Waals surface area contributed by atoms with E-state index in [0.717, 1.165) is 5.56 Å². The molecule has 0 saturated heterocycles. The van der Waals surface area contributed by atoms with E-state index in [2.05, 4.69) is 0 Å². The van der Waals surface area contributed by atoms with Crippen LogP contribution in [-0.4, -0.2) is 25.9 Å². The number of ether oxygens (including phenoxy) is 2. The van der Waals surface area contributed by atoms with E-state index in [9.17, 15) is 13.2 Å². The summed E-state index contributed by atoms with van der Waals surface area (Å²) in [4.78, 5) is 0. The van der Waals surface area contributed by atoms with Crippen LogP contribution in [0.2, 0.25) is 0 Å². The summed E-state index contributed by atoms with van der Waals surface area (Å²) in [5.74, 6) is 1.04. The minimum Gasteiger partial charge on any atom is -0.497 e. The molecule has 0 bridgehead atoms. The summed E-state index contributed by atoms with van der Waals surface area (Å²) in [5, 5.41) is 0. The van der Waals surface area contributed by atoms with Crippen LogP contribution < -0.4 is 15.2 Å². The highest BCUT2D eigenvalue weighted by Crippen LogP contribution is 2.26. The number of hydrogen-bond acceptors (Lipinski definition) is 3. The molecular formula is C13H18F3NO2. The Morgan fingerprint density at radius 3 is 2.53 bits per heavy atom. The van der Waals surface area contributed by atoms with Crippen molar-refractivity contribution in [2.75, 3.05) is 13.7 Å². The maximum Gasteiger partial charge on any atom is 0.392 e. The Bertz CT molecular complexity index is 405. The Morgan fingerprint density at radius 1 is 1.32 bits per heavy atom. The van der Waals surface area contributed by atoms with Gasteiger partial charge in [-0.05, 0) is 37.1 Å². The van der Waals surface area contributed by atoms with Gasteiger partial charge in [0.25, 0.3) is 0 Å². The SMILES string of the molecule is COc1ccc(OCCC(F)(F)F)c(CC(C)N)c1. The van der Waals surface area contributed by atoms with Crippen molar-refractivity contribution in [1.82, 2.24) is 0 Å². The van der Waals surface area contributed by atoms with Gasteiger partial charge in [0.1, 0.15) is 11.5 Å². The first-order chi connectivity index (χ1) is 8.81. The van der Waals surface area contributed by atoms with Gasteiger partial charge in [-0.2, -0.15) is 13.2 Å². The Kier molecular flexibility index (Phi) is 5.47. The Labute approximate surface area is 110 Å². The quantitative estimate of drug-likeness (QED) is 0.869. The van der Waals surface area contributed by atoms with Crippen LogP contribution in [0.1, 0.15) is 18.9 Å². The molecule has 108 valence electrons. The fraction of sp³-hybridized carbons (Fsp3) is 0.538. The van der Waals surface area contributed by atoms with Crippen LogP contribution in [-0.2, 0) is 6.42 Å². The van der Waals surface area contributed by atoms with Gasteiger partial charge in [-0.15, -0.1) is 0 Å². The van der Waals surface area contributed by atoms with Crippen molar-refractivity contribution in [3.63, 3.8) is 0 Å². The predicted octanol–water partition coefficient (Wildman–Crippen LogP) is 2.92. The lowest BCUT2D eigenvalue weighted by molar-refractivity contribution is -0.139. The molecule has 0 aliphatic rings. The number of halogens is 3. The van der Waals surface area contributed by atoms with Gasteiger partial charge in [0, 0.05) is 6.04 Å². The second-order valence-electron chi connectivity index (χ2n) is 4.37. The van der Waals surface area contributed by atoms with Crippen molar-refractivity contribution in [2.24, 2.45) is 5.73 Å². The van der Waals surface area contributed by atoms with E-state index in [1.807, 2.05) is 6.92 Å². The van der Waals surface area contributed by atoms with Crippen LogP contribution in [0.3, 0.4) is 0 Å². The molecule has 0 amide bonds. The highest BCUT2D eigenvalue weighted by Gasteiger charge is 2.27. The molecule has 0 fully saturated rings. The average Bonchev–Trinajstić information content (AvgIpc) is 2.28. The zero-order chi connectivity index (χ0) is 14.5. The molecule has 0 radical (unpaired) electrons. The largest absolute Gasteiger partial charge is 0.497 e. The van der Waals surface area contributed by atoms with Crippen molar-refractivity contribution in [1.29, 1.82) is 0 Å². The highest BCUT2D eigenvalue weighted by molar-refractivity contribution is 5.40. The van der Waals surface area contributed by atoms with Crippen molar-refractivity contribution >= 4 is 0 Å². The molecule has 0 aliphatic heterocycles. The molecule has 1 rings (SSSR count). The van der Waals surface area contributed by atoms with Gasteiger partial charge in [0.2, 0.25) is 0 Å². The molecule has 1 aromatic rings. The molecule has 0 aromatic heterocycles. The zero-order valence-electron chi connectivity index (χ0n) is 11.0. The summed E-state index contributed by atoms with van der Waals surface area (Å²) in [6, 6.07) is 4.87. The maximum atomic E-state index is 12.1. The molecule has 1 atom stereocenters. The summed E-state index contributed by atoms with van der Waals surface area (Å²) >= 11 is 0. The number of methoxy groups -OCH3 is 1. The number of hydrogen-bond donors (Lipinski definition) is 1. The smallest absolute Gasteiger partial charge is 0.392 e. The molecule has 0 heterocycles. The highest BCUT2D eigenvalue weighted by atomic mass is 19.4. The van der Waals surface area contributed by atoms with E-state index < -0.39 is 19.2 Å². The Morgan fingerprint density at radius 2 is 2.00 bits per heavy atom. The van der Waals surface area contributed by atoms with Crippen LogP contribution in [0, 0.1) is 0 Å². The number of benzene rings is 1. The van der Waals surface area contributed by atoms with Gasteiger partial charge < -0.3 is 15.2 Å². The minimum atomic E-state index is -4.21. The summed E-state index contributed by atoms with van der Waals surface area (Å²) in [7, 11) is 1.52. The van der Waals surface area contributed by atoms with Gasteiger partial charge in [-0.25, -0.2) is 0 Å². The van der Waals surface area contributed by atoms with E-state index in [-0.39, 0.29) is 6.04 Å². The van der Waals surface area contributed by atoms with E-state index in [1.54, 1.807) is 18.2 Å². The number of rotatable bonds is 6. The molecule has 19 heavy (non-hydrogen) atoms. The zero-order valence-corrected chi connectivity index (χ0v) is 11.0. The van der Waals surface area contributed by atoms with Crippen molar-refractivity contribution in [2.45, 2.75) is 32.0 Å². The van der Waals surface area contributed by atoms with Crippen molar-refractivity contribution in [3.05, 3.63) is 23.8 Å². The van der Waals surface area contributed by atoms with Crippen LogP contribution >= 0.6 is 0 Å². The molecule has 1 unspecified atom stereocenters. The third kappa shape index (κ3) is 5.83. The first-order valence-electron chi connectivity index (χ1n) is 5.94. The van der Waals surface area contributed by atoms with Crippen molar-refractivity contribution < 1.29 is 22.6 Å². The monoisotopic (exact) mass is 277 g/mol. The predicted molar refractivity (Wildman–Crippen MR) is 66.5 cm³/mol. The third-order valence-corrected chi connectivity index (χ3v) is 2.45. The van der Waals surface area contributed by atoms with Crippen LogP contribution in [0.4, 0.5) is 13.2 Å². The Balaban J connectivity index is 2.75. The molecule has 0 saturated carbocycles.